The third-order valence-electron chi connectivity index (χ3n) is 1.31. The van der Waals surface area contributed by atoms with Crippen molar-refractivity contribution in [2.24, 2.45) is 0 Å². The van der Waals surface area contributed by atoms with Crippen LogP contribution in [0.2, 0.25) is 0 Å². The third-order valence-corrected chi connectivity index (χ3v) is 2.02. The Morgan fingerprint density at radius 1 is 1.14 bits per heavy atom. The van der Waals surface area contributed by atoms with Gasteiger partial charge in [0.25, 0.3) is 0 Å². The van der Waals surface area contributed by atoms with Crippen molar-refractivity contribution in [3.8, 4) is 0 Å². The molecule has 0 amide bonds. The fourth-order valence-corrected chi connectivity index (χ4v) is 1.18. The second-order valence-electron chi connectivity index (χ2n) is 2.09. The standard InChI is InChI=1S/C7H7O3P.3Ca.6H/c8-7(11(9)10)6-4-2-1-3-5-6;;;;;;;;;/h1-5,7-8H;;;;;;;;;/q;3*+2;6*-1/p+1. The molecule has 0 bridgehead atoms. The smallest absolute Gasteiger partial charge is 1.00 e. The molecule has 0 spiro atoms. The van der Waals surface area contributed by atoms with Crippen LogP contribution in [0.15, 0.2) is 30.3 Å². The average Bonchev–Trinajstić information content (AvgIpc) is 2.05. The van der Waals surface area contributed by atoms with E-state index in [1.807, 2.05) is 0 Å². The molecule has 0 aromatic heterocycles. The minimum Gasteiger partial charge on any atom is -1.00 e. The number of benzene rings is 1. The molecule has 1 rings (SSSR count). The number of aliphatic hydroxyl groups excluding tert-OH is 1. The van der Waals surface area contributed by atoms with E-state index in [0.29, 0.717) is 5.56 Å². The van der Waals surface area contributed by atoms with E-state index >= 15 is 0 Å². The van der Waals surface area contributed by atoms with Crippen molar-refractivity contribution in [1.29, 1.82) is 0 Å². The molecule has 1 aromatic carbocycles. The summed E-state index contributed by atoms with van der Waals surface area (Å²) in [6.45, 7) is 0. The predicted molar refractivity (Wildman–Crippen MR) is 65.2 cm³/mol. The minimum atomic E-state index is -2.53. The van der Waals surface area contributed by atoms with Gasteiger partial charge in [-0.2, -0.15) is 4.89 Å². The van der Waals surface area contributed by atoms with Gasteiger partial charge in [0.05, 0.1) is 0 Å². The molecule has 2 unspecified atom stereocenters. The summed E-state index contributed by atoms with van der Waals surface area (Å²) < 4.78 is 10.4. The maximum Gasteiger partial charge on any atom is 2.00 e. The van der Waals surface area contributed by atoms with Crippen LogP contribution < -0.4 is 0 Å². The van der Waals surface area contributed by atoms with Crippen molar-refractivity contribution >= 4 is 121 Å². The Hall–Kier alpha value is 3.02. The molecule has 0 aliphatic carbocycles. The fraction of sp³-hybridized carbons (Fsp3) is 0.143. The summed E-state index contributed by atoms with van der Waals surface area (Å²) in [5.41, 5.74) is 0.469. The quantitative estimate of drug-likeness (QED) is 0.631. The first kappa shape index (κ1) is 22.2. The van der Waals surface area contributed by atoms with Crippen molar-refractivity contribution in [3.05, 3.63) is 35.9 Å². The van der Waals surface area contributed by atoms with E-state index in [0.717, 1.165) is 0 Å². The van der Waals surface area contributed by atoms with Crippen LogP contribution in [0.25, 0.3) is 0 Å². The van der Waals surface area contributed by atoms with Crippen molar-refractivity contribution in [1.82, 2.24) is 0 Å². The van der Waals surface area contributed by atoms with E-state index in [4.69, 9.17) is 10.00 Å². The van der Waals surface area contributed by atoms with E-state index in [9.17, 15) is 4.57 Å². The van der Waals surface area contributed by atoms with Crippen molar-refractivity contribution < 1.29 is 23.1 Å². The first-order valence-electron chi connectivity index (χ1n) is 3.10. The summed E-state index contributed by atoms with van der Waals surface area (Å²) in [7, 11) is -2.53. The van der Waals surface area contributed by atoms with Crippen molar-refractivity contribution in [2.45, 2.75) is 5.85 Å². The van der Waals surface area contributed by atoms with Gasteiger partial charge in [-0.3, -0.25) is 0 Å². The summed E-state index contributed by atoms with van der Waals surface area (Å²) in [5.74, 6) is -1.26. The van der Waals surface area contributed by atoms with E-state index in [2.05, 4.69) is 0 Å². The van der Waals surface area contributed by atoms with Gasteiger partial charge in [0.1, 0.15) is 0 Å². The number of aliphatic hydroxyl groups is 1. The van der Waals surface area contributed by atoms with E-state index in [1.165, 1.54) is 0 Å². The van der Waals surface area contributed by atoms with E-state index in [1.54, 1.807) is 30.3 Å². The summed E-state index contributed by atoms with van der Waals surface area (Å²) in [6, 6.07) is 8.40. The van der Waals surface area contributed by atoms with Crippen LogP contribution >= 0.6 is 8.03 Å². The molecule has 1 aromatic rings. The molecule has 0 aliphatic rings. The number of rotatable bonds is 2. The first-order chi connectivity index (χ1) is 5.22. The Kier molecular flexibility index (Phi) is 19.8. The monoisotopic (exact) mass is 297 g/mol. The zero-order chi connectivity index (χ0) is 8.27. The van der Waals surface area contributed by atoms with Gasteiger partial charge in [-0.15, -0.1) is 0 Å². The van der Waals surface area contributed by atoms with Crippen LogP contribution in [0.1, 0.15) is 20.0 Å². The topological polar surface area (TPSA) is 57.5 Å². The molecule has 7 heteroatoms. The molecule has 2 atom stereocenters. The summed E-state index contributed by atoms with van der Waals surface area (Å²) in [6.07, 6.45) is 0. The zero-order valence-corrected chi connectivity index (χ0v) is 15.4. The normalized spacial score (nSPS) is 11.1. The van der Waals surface area contributed by atoms with Crippen LogP contribution in [0.4, 0.5) is 0 Å². The second kappa shape index (κ2) is 12.5. The summed E-state index contributed by atoms with van der Waals surface area (Å²) in [4.78, 5) is 8.53. The maximum absolute atomic E-state index is 10.4. The van der Waals surface area contributed by atoms with Crippen molar-refractivity contribution in [2.75, 3.05) is 0 Å². The van der Waals surface area contributed by atoms with Crippen molar-refractivity contribution in [3.63, 3.8) is 0 Å². The first-order valence-corrected chi connectivity index (χ1v) is 4.38. The zero-order valence-electron chi connectivity index (χ0n) is 13.8. The molecule has 2 N–H and O–H groups in total. The Morgan fingerprint density at radius 3 is 1.93 bits per heavy atom. The Bertz CT molecular complexity index is 275. The van der Waals surface area contributed by atoms with E-state index in [-0.39, 0.29) is 122 Å². The molecule has 0 heterocycles. The largest absolute Gasteiger partial charge is 2.00 e. The van der Waals surface area contributed by atoms with Crippen LogP contribution in [-0.4, -0.2) is 123 Å². The fourth-order valence-electron chi connectivity index (χ4n) is 0.753. The molecule has 70 valence electrons. The Balaban J connectivity index is -0.0000000192. The molecular formula is C7H14Ca3O3P+. The maximum atomic E-state index is 10.4. The van der Waals surface area contributed by atoms with Crippen LogP contribution in [0, 0.1) is 0 Å². The molecule has 0 saturated heterocycles. The minimum absolute atomic E-state index is 0. The van der Waals surface area contributed by atoms with Crippen LogP contribution in [0.3, 0.4) is 0 Å². The average molecular weight is 297 g/mol. The van der Waals surface area contributed by atoms with Gasteiger partial charge in [0.2, 0.25) is 0 Å². The van der Waals surface area contributed by atoms with Gasteiger partial charge in [-0.25, -0.2) is 0 Å². The molecule has 0 radical (unpaired) electrons. The van der Waals surface area contributed by atoms with Gasteiger partial charge in [-0.1, -0.05) is 30.3 Å². The molecule has 3 nitrogen and oxygen atoms in total. The molecule has 0 saturated carbocycles. The molecule has 14 heavy (non-hydrogen) atoms. The van der Waals surface area contributed by atoms with Crippen LogP contribution in [-0.2, 0) is 4.57 Å². The van der Waals surface area contributed by atoms with Gasteiger partial charge >= 0.3 is 127 Å². The number of hydrogen-bond donors (Lipinski definition) is 2. The third kappa shape index (κ3) is 8.16. The number of hydrogen-bond acceptors (Lipinski definition) is 2. The van der Waals surface area contributed by atoms with E-state index < -0.39 is 13.9 Å². The summed E-state index contributed by atoms with van der Waals surface area (Å²) in [5, 5.41) is 9.06. The Morgan fingerprint density at radius 2 is 1.57 bits per heavy atom. The van der Waals surface area contributed by atoms with Gasteiger partial charge in [0.15, 0.2) is 0 Å². The second-order valence-corrected chi connectivity index (χ2v) is 3.18. The molecule has 0 fully saturated rings. The van der Waals surface area contributed by atoms with Gasteiger partial charge in [0, 0.05) is 5.56 Å². The van der Waals surface area contributed by atoms with Crippen LogP contribution in [0.5, 0.6) is 0 Å². The Labute approximate surface area is 182 Å². The predicted octanol–water partition coefficient (Wildman–Crippen LogP) is 0.945. The van der Waals surface area contributed by atoms with Gasteiger partial charge < -0.3 is 13.7 Å². The molecular weight excluding hydrogens is 283 g/mol. The SMILES string of the molecule is O=[P+](O)C(O)c1ccccc1.[Ca+2].[Ca+2].[Ca+2].[H-].[H-].[H-].[H-].[H-].[H-]. The summed E-state index contributed by atoms with van der Waals surface area (Å²) >= 11 is 0. The molecule has 0 aliphatic heterocycles. The van der Waals surface area contributed by atoms with Gasteiger partial charge in [-0.05, 0) is 4.57 Å².